The SMILES string of the molecule is COC(=O)c1[nH]c(C)c(C(O)=C2C(=O)C(=O)N(CCN3CCOCC3)[C@@H]2c2cccc([N+](=O)[O-])c2)c1C. The monoisotopic (exact) mass is 512 g/mol. The normalized spacial score (nSPS) is 19.9. The van der Waals surface area contributed by atoms with Crippen LogP contribution in [0.25, 0.3) is 5.76 Å². The zero-order valence-corrected chi connectivity index (χ0v) is 20.8. The standard InChI is InChI=1S/C25H28N4O8/c1-14-18(15(2)26-20(14)25(33)36-3)22(30)19-21(16-5-4-6-17(13-16)29(34)35)28(24(32)23(19)31)8-7-27-9-11-37-12-10-27/h4-6,13,21,26,30H,7-12H2,1-3H3/t21-/m1/s1. The van der Waals surface area contributed by atoms with Crippen LogP contribution in [0.2, 0.25) is 0 Å². The summed E-state index contributed by atoms with van der Waals surface area (Å²) in [6.45, 7) is 6.27. The van der Waals surface area contributed by atoms with Gasteiger partial charge in [0.15, 0.2) is 0 Å². The third-order valence-electron chi connectivity index (χ3n) is 6.76. The average molecular weight is 513 g/mol. The van der Waals surface area contributed by atoms with Gasteiger partial charge < -0.3 is 24.5 Å². The van der Waals surface area contributed by atoms with Crippen molar-refractivity contribution in [3.05, 3.63) is 68.0 Å². The molecule has 2 aromatic rings. The first-order valence-electron chi connectivity index (χ1n) is 11.8. The van der Waals surface area contributed by atoms with Crippen LogP contribution in [0.15, 0.2) is 29.8 Å². The van der Waals surface area contributed by atoms with E-state index >= 15 is 0 Å². The molecule has 1 amide bonds. The molecule has 0 aliphatic carbocycles. The Balaban J connectivity index is 1.84. The number of nitrogens with zero attached hydrogens (tertiary/aromatic N) is 3. The summed E-state index contributed by atoms with van der Waals surface area (Å²) < 4.78 is 10.2. The molecular weight excluding hydrogens is 484 g/mol. The molecule has 1 aromatic carbocycles. The van der Waals surface area contributed by atoms with Crippen LogP contribution in [-0.4, -0.2) is 89.0 Å². The van der Waals surface area contributed by atoms with E-state index < -0.39 is 34.4 Å². The van der Waals surface area contributed by atoms with E-state index in [9.17, 15) is 29.6 Å². The molecule has 2 N–H and O–H groups in total. The van der Waals surface area contributed by atoms with Crippen LogP contribution in [0.4, 0.5) is 5.69 Å². The number of aryl methyl sites for hydroxylation is 1. The molecule has 0 unspecified atom stereocenters. The highest BCUT2D eigenvalue weighted by atomic mass is 16.6. The molecule has 1 atom stereocenters. The van der Waals surface area contributed by atoms with Crippen molar-refractivity contribution < 1.29 is 33.9 Å². The lowest BCUT2D eigenvalue weighted by molar-refractivity contribution is -0.384. The molecule has 3 heterocycles. The number of aliphatic hydroxyl groups excluding tert-OH is 1. The highest BCUT2D eigenvalue weighted by molar-refractivity contribution is 6.46. The Labute approximate surface area is 212 Å². The number of non-ortho nitro benzene ring substituents is 1. The average Bonchev–Trinajstić information content (AvgIpc) is 3.34. The predicted molar refractivity (Wildman–Crippen MR) is 131 cm³/mol. The molecule has 0 spiro atoms. The number of Topliss-reactive ketones (excluding diaryl/α,β-unsaturated/α-hetero) is 1. The van der Waals surface area contributed by atoms with E-state index in [0.717, 1.165) is 0 Å². The van der Waals surface area contributed by atoms with Crippen LogP contribution < -0.4 is 0 Å². The quantitative estimate of drug-likeness (QED) is 0.142. The first-order chi connectivity index (χ1) is 17.6. The zero-order chi connectivity index (χ0) is 26.9. The van der Waals surface area contributed by atoms with Crippen molar-refractivity contribution in [1.82, 2.24) is 14.8 Å². The number of carbonyl (C=O) groups excluding carboxylic acids is 3. The number of nitro groups is 1. The summed E-state index contributed by atoms with van der Waals surface area (Å²) >= 11 is 0. The molecule has 0 saturated carbocycles. The first-order valence-corrected chi connectivity index (χ1v) is 11.8. The molecule has 2 aliphatic rings. The zero-order valence-electron chi connectivity index (χ0n) is 20.8. The maximum Gasteiger partial charge on any atom is 0.354 e. The summed E-state index contributed by atoms with van der Waals surface area (Å²) in [6, 6.07) is 4.60. The van der Waals surface area contributed by atoms with Gasteiger partial charge in [-0.25, -0.2) is 4.79 Å². The minimum absolute atomic E-state index is 0.106. The van der Waals surface area contributed by atoms with Crippen LogP contribution in [0, 0.1) is 24.0 Å². The molecule has 2 fully saturated rings. The molecule has 12 heteroatoms. The van der Waals surface area contributed by atoms with Crippen molar-refractivity contribution in [1.29, 1.82) is 0 Å². The van der Waals surface area contributed by atoms with Crippen molar-refractivity contribution in [2.75, 3.05) is 46.5 Å². The molecule has 4 rings (SSSR count). The summed E-state index contributed by atoms with van der Waals surface area (Å²) in [6.07, 6.45) is 0. The van der Waals surface area contributed by atoms with Crippen LogP contribution in [0.3, 0.4) is 0 Å². The number of ether oxygens (including phenoxy) is 2. The Morgan fingerprint density at radius 3 is 2.59 bits per heavy atom. The fourth-order valence-corrected chi connectivity index (χ4v) is 4.89. The first kappa shape index (κ1) is 26.0. The third kappa shape index (κ3) is 4.85. The fraction of sp³-hybridized carbons (Fsp3) is 0.400. The Hall–Kier alpha value is -4.03. The van der Waals surface area contributed by atoms with Gasteiger partial charge in [0.25, 0.3) is 17.4 Å². The number of nitrogens with one attached hydrogen (secondary N) is 1. The number of benzene rings is 1. The van der Waals surface area contributed by atoms with E-state index in [1.54, 1.807) is 19.9 Å². The summed E-state index contributed by atoms with van der Waals surface area (Å²) in [5, 5.41) is 22.9. The van der Waals surface area contributed by atoms with Gasteiger partial charge in [-0.2, -0.15) is 0 Å². The number of amides is 1. The van der Waals surface area contributed by atoms with Gasteiger partial charge in [-0.3, -0.25) is 24.6 Å². The van der Waals surface area contributed by atoms with E-state index in [2.05, 4.69) is 9.88 Å². The lowest BCUT2D eigenvalue weighted by atomic mass is 9.93. The van der Waals surface area contributed by atoms with Crippen molar-refractivity contribution in [3.8, 4) is 0 Å². The Bertz CT molecular complexity index is 1290. The van der Waals surface area contributed by atoms with E-state index in [1.807, 2.05) is 0 Å². The van der Waals surface area contributed by atoms with Gasteiger partial charge in [0.1, 0.15) is 11.5 Å². The van der Waals surface area contributed by atoms with E-state index in [0.29, 0.717) is 49.7 Å². The molecule has 196 valence electrons. The van der Waals surface area contributed by atoms with Crippen molar-refractivity contribution >= 4 is 29.1 Å². The lowest BCUT2D eigenvalue weighted by Gasteiger charge is -2.31. The molecule has 0 radical (unpaired) electrons. The minimum atomic E-state index is -1.06. The Kier molecular flexibility index (Phi) is 7.41. The van der Waals surface area contributed by atoms with Gasteiger partial charge in [-0.05, 0) is 25.0 Å². The van der Waals surface area contributed by atoms with Gasteiger partial charge in [-0.15, -0.1) is 0 Å². The smallest absolute Gasteiger partial charge is 0.354 e. The number of carbonyl (C=O) groups is 3. The van der Waals surface area contributed by atoms with Gasteiger partial charge >= 0.3 is 5.97 Å². The second kappa shape index (κ2) is 10.5. The predicted octanol–water partition coefficient (Wildman–Crippen LogP) is 2.08. The summed E-state index contributed by atoms with van der Waals surface area (Å²) in [4.78, 5) is 55.9. The van der Waals surface area contributed by atoms with Crippen molar-refractivity contribution in [2.45, 2.75) is 19.9 Å². The number of hydrogen-bond acceptors (Lipinski definition) is 9. The molecule has 12 nitrogen and oxygen atoms in total. The summed E-state index contributed by atoms with van der Waals surface area (Å²) in [5.41, 5.74) is 0.951. The van der Waals surface area contributed by atoms with Crippen LogP contribution in [-0.2, 0) is 19.1 Å². The van der Waals surface area contributed by atoms with Crippen molar-refractivity contribution in [2.24, 2.45) is 0 Å². The number of aliphatic hydroxyl groups is 1. The number of esters is 1. The second-order valence-corrected chi connectivity index (χ2v) is 8.92. The van der Waals surface area contributed by atoms with E-state index in [-0.39, 0.29) is 29.1 Å². The van der Waals surface area contributed by atoms with Gasteiger partial charge in [0.2, 0.25) is 0 Å². The molecular formula is C25H28N4O8. The number of ketones is 1. The molecule has 37 heavy (non-hydrogen) atoms. The topological polar surface area (TPSA) is 155 Å². The summed E-state index contributed by atoms with van der Waals surface area (Å²) in [5.74, 6) is -2.84. The van der Waals surface area contributed by atoms with Crippen LogP contribution in [0.1, 0.15) is 38.9 Å². The molecule has 2 aliphatic heterocycles. The number of aromatic amines is 1. The van der Waals surface area contributed by atoms with Gasteiger partial charge in [0.05, 0.1) is 36.9 Å². The molecule has 1 aromatic heterocycles. The summed E-state index contributed by atoms with van der Waals surface area (Å²) in [7, 11) is 1.22. The van der Waals surface area contributed by atoms with E-state index in [4.69, 9.17) is 9.47 Å². The van der Waals surface area contributed by atoms with Crippen molar-refractivity contribution in [3.63, 3.8) is 0 Å². The van der Waals surface area contributed by atoms with E-state index in [1.165, 1.54) is 30.2 Å². The molecule has 0 bridgehead atoms. The maximum atomic E-state index is 13.3. The maximum absolute atomic E-state index is 13.3. The largest absolute Gasteiger partial charge is 0.507 e. The minimum Gasteiger partial charge on any atom is -0.507 e. The highest BCUT2D eigenvalue weighted by Crippen LogP contribution is 2.41. The van der Waals surface area contributed by atoms with Gasteiger partial charge in [-0.1, -0.05) is 12.1 Å². The fourth-order valence-electron chi connectivity index (χ4n) is 4.89. The number of H-pyrrole nitrogens is 1. The Morgan fingerprint density at radius 2 is 1.95 bits per heavy atom. The number of methoxy groups -OCH3 is 1. The van der Waals surface area contributed by atoms with Gasteiger partial charge in [0, 0.05) is 49.6 Å². The molecule has 2 saturated heterocycles. The Morgan fingerprint density at radius 1 is 1.24 bits per heavy atom. The number of nitro benzene ring substituents is 1. The number of morpholine rings is 1. The second-order valence-electron chi connectivity index (χ2n) is 8.92. The lowest BCUT2D eigenvalue weighted by Crippen LogP contribution is -2.42. The third-order valence-corrected chi connectivity index (χ3v) is 6.76. The van der Waals surface area contributed by atoms with Crippen LogP contribution >= 0.6 is 0 Å². The number of aromatic nitrogens is 1. The number of hydrogen-bond donors (Lipinski definition) is 2. The highest BCUT2D eigenvalue weighted by Gasteiger charge is 2.47. The number of likely N-dealkylation sites (tertiary alicyclic amines) is 1. The number of rotatable bonds is 7. The van der Waals surface area contributed by atoms with Crippen LogP contribution in [0.5, 0.6) is 0 Å².